The summed E-state index contributed by atoms with van der Waals surface area (Å²) in [7, 11) is 0. The maximum atomic E-state index is 7.49. The van der Waals surface area contributed by atoms with Crippen molar-refractivity contribution in [3.8, 4) is 0 Å². The van der Waals surface area contributed by atoms with Crippen molar-refractivity contribution in [2.24, 2.45) is 11.1 Å². The quantitative estimate of drug-likeness (QED) is 0.445. The molecule has 0 aromatic heterocycles. The highest BCUT2D eigenvalue weighted by Gasteiger charge is 2.20. The fraction of sp³-hybridized carbons (Fsp3) is 0.500. The molecular formula is C14H21ClN2S. The minimum absolute atomic E-state index is 0.176. The highest BCUT2D eigenvalue weighted by molar-refractivity contribution is 7.98. The second-order valence-electron chi connectivity index (χ2n) is 5.05. The zero-order valence-corrected chi connectivity index (χ0v) is 12.6. The first-order valence-corrected chi connectivity index (χ1v) is 7.62. The summed E-state index contributed by atoms with van der Waals surface area (Å²) in [5.74, 6) is 2.29. The van der Waals surface area contributed by atoms with Gasteiger partial charge >= 0.3 is 0 Å². The fourth-order valence-corrected chi connectivity index (χ4v) is 2.79. The summed E-state index contributed by atoms with van der Waals surface area (Å²) >= 11 is 7.97. The number of nitrogens with one attached hydrogen (secondary N) is 1. The molecule has 0 amide bonds. The molecule has 0 aliphatic rings. The van der Waals surface area contributed by atoms with Crippen LogP contribution < -0.4 is 5.73 Å². The maximum Gasteiger partial charge on any atom is 0.0963 e. The first kappa shape index (κ1) is 15.4. The SMILES string of the molecule is CC(C)(CCCSCc1ccccc1Cl)C(=N)N. The maximum absolute atomic E-state index is 7.49. The molecule has 100 valence electrons. The molecule has 3 N–H and O–H groups in total. The summed E-state index contributed by atoms with van der Waals surface area (Å²) in [5, 5.41) is 8.34. The van der Waals surface area contributed by atoms with Gasteiger partial charge in [0, 0.05) is 16.2 Å². The zero-order valence-electron chi connectivity index (χ0n) is 11.0. The van der Waals surface area contributed by atoms with Gasteiger partial charge in [0.05, 0.1) is 5.84 Å². The number of amidine groups is 1. The standard InChI is InChI=1S/C14H21ClN2S/c1-14(2,13(16)17)8-5-9-18-10-11-6-3-4-7-12(11)15/h3-4,6-7H,5,8-10H2,1-2H3,(H3,16,17). The van der Waals surface area contributed by atoms with E-state index in [1.807, 2.05) is 43.8 Å². The molecule has 1 aromatic rings. The lowest BCUT2D eigenvalue weighted by Gasteiger charge is -2.22. The van der Waals surface area contributed by atoms with Gasteiger partial charge in [0.1, 0.15) is 0 Å². The van der Waals surface area contributed by atoms with Gasteiger partial charge < -0.3 is 5.73 Å². The topological polar surface area (TPSA) is 49.9 Å². The molecule has 2 nitrogen and oxygen atoms in total. The van der Waals surface area contributed by atoms with Crippen LogP contribution in [0.5, 0.6) is 0 Å². The van der Waals surface area contributed by atoms with Crippen LogP contribution in [0.3, 0.4) is 0 Å². The third kappa shape index (κ3) is 4.91. The van der Waals surface area contributed by atoms with Crippen LogP contribution in [0.2, 0.25) is 5.02 Å². The van der Waals surface area contributed by atoms with Crippen LogP contribution in [-0.4, -0.2) is 11.6 Å². The summed E-state index contributed by atoms with van der Waals surface area (Å²) in [6, 6.07) is 7.96. The van der Waals surface area contributed by atoms with E-state index >= 15 is 0 Å². The van der Waals surface area contributed by atoms with E-state index in [0.717, 1.165) is 29.4 Å². The van der Waals surface area contributed by atoms with Crippen LogP contribution in [0.1, 0.15) is 32.3 Å². The van der Waals surface area contributed by atoms with Crippen LogP contribution in [0.15, 0.2) is 24.3 Å². The van der Waals surface area contributed by atoms with E-state index in [2.05, 4.69) is 6.07 Å². The lowest BCUT2D eigenvalue weighted by Crippen LogP contribution is -2.30. The third-order valence-electron chi connectivity index (χ3n) is 3.03. The van der Waals surface area contributed by atoms with Gasteiger partial charge in [0.25, 0.3) is 0 Å². The van der Waals surface area contributed by atoms with Gasteiger partial charge in [-0.15, -0.1) is 0 Å². The van der Waals surface area contributed by atoms with Crippen LogP contribution >= 0.6 is 23.4 Å². The lowest BCUT2D eigenvalue weighted by molar-refractivity contribution is 0.464. The molecule has 18 heavy (non-hydrogen) atoms. The molecule has 0 fully saturated rings. The van der Waals surface area contributed by atoms with Gasteiger partial charge in [-0.2, -0.15) is 11.8 Å². The molecule has 0 saturated heterocycles. The normalized spacial score (nSPS) is 11.5. The van der Waals surface area contributed by atoms with Crippen LogP contribution in [0.25, 0.3) is 0 Å². The van der Waals surface area contributed by atoms with E-state index in [-0.39, 0.29) is 11.3 Å². The Labute approximate surface area is 119 Å². The Morgan fingerprint density at radius 2 is 2.06 bits per heavy atom. The van der Waals surface area contributed by atoms with Gasteiger partial charge in [-0.3, -0.25) is 5.41 Å². The molecule has 0 aliphatic carbocycles. The minimum Gasteiger partial charge on any atom is -0.387 e. The third-order valence-corrected chi connectivity index (χ3v) is 4.50. The summed E-state index contributed by atoms with van der Waals surface area (Å²) in [5.41, 5.74) is 6.57. The summed E-state index contributed by atoms with van der Waals surface area (Å²) in [6.07, 6.45) is 2.03. The number of rotatable bonds is 7. The van der Waals surface area contributed by atoms with Gasteiger partial charge in [-0.05, 0) is 30.2 Å². The zero-order chi connectivity index (χ0) is 13.6. The molecule has 0 atom stereocenters. The molecular weight excluding hydrogens is 264 g/mol. The van der Waals surface area contributed by atoms with Crippen molar-refractivity contribution >= 4 is 29.2 Å². The van der Waals surface area contributed by atoms with Crippen molar-refractivity contribution in [3.63, 3.8) is 0 Å². The van der Waals surface area contributed by atoms with Gasteiger partial charge in [-0.1, -0.05) is 43.6 Å². The number of hydrogen-bond acceptors (Lipinski definition) is 2. The van der Waals surface area contributed by atoms with E-state index in [4.69, 9.17) is 22.7 Å². The number of hydrogen-bond donors (Lipinski definition) is 2. The summed E-state index contributed by atoms with van der Waals surface area (Å²) in [6.45, 7) is 4.04. The number of halogens is 1. The van der Waals surface area contributed by atoms with E-state index in [9.17, 15) is 0 Å². The molecule has 0 radical (unpaired) electrons. The molecule has 0 bridgehead atoms. The van der Waals surface area contributed by atoms with Gasteiger partial charge in [0.15, 0.2) is 0 Å². The minimum atomic E-state index is -0.176. The first-order chi connectivity index (χ1) is 8.43. The van der Waals surface area contributed by atoms with Crippen LogP contribution in [0.4, 0.5) is 0 Å². The second kappa shape index (κ2) is 7.05. The highest BCUT2D eigenvalue weighted by atomic mass is 35.5. The molecule has 0 heterocycles. The predicted octanol–water partition coefficient (Wildman–Crippen LogP) is 4.32. The highest BCUT2D eigenvalue weighted by Crippen LogP contribution is 2.25. The Morgan fingerprint density at radius 1 is 1.39 bits per heavy atom. The Kier molecular flexibility index (Phi) is 6.03. The summed E-state index contributed by atoms with van der Waals surface area (Å²) in [4.78, 5) is 0. The molecule has 0 saturated carbocycles. The molecule has 0 unspecified atom stereocenters. The van der Waals surface area contributed by atoms with Gasteiger partial charge in [-0.25, -0.2) is 0 Å². The second-order valence-corrected chi connectivity index (χ2v) is 6.56. The van der Waals surface area contributed by atoms with E-state index < -0.39 is 0 Å². The van der Waals surface area contributed by atoms with Crippen molar-refractivity contribution in [1.82, 2.24) is 0 Å². The predicted molar refractivity (Wildman–Crippen MR) is 82.5 cm³/mol. The summed E-state index contributed by atoms with van der Waals surface area (Å²) < 4.78 is 0. The van der Waals surface area contributed by atoms with Crippen molar-refractivity contribution in [1.29, 1.82) is 5.41 Å². The average molecular weight is 285 g/mol. The van der Waals surface area contributed by atoms with Crippen molar-refractivity contribution in [2.75, 3.05) is 5.75 Å². The molecule has 1 aromatic carbocycles. The number of benzene rings is 1. The van der Waals surface area contributed by atoms with E-state index in [0.29, 0.717) is 0 Å². The fourth-order valence-electron chi connectivity index (χ4n) is 1.55. The Hall–Kier alpha value is -0.670. The Balaban J connectivity index is 2.24. The lowest BCUT2D eigenvalue weighted by atomic mass is 9.87. The monoisotopic (exact) mass is 284 g/mol. The van der Waals surface area contributed by atoms with Crippen molar-refractivity contribution < 1.29 is 0 Å². The molecule has 0 aliphatic heterocycles. The first-order valence-electron chi connectivity index (χ1n) is 6.09. The molecule has 0 spiro atoms. The van der Waals surface area contributed by atoms with Crippen LogP contribution in [0, 0.1) is 10.8 Å². The van der Waals surface area contributed by atoms with Gasteiger partial charge in [0.2, 0.25) is 0 Å². The van der Waals surface area contributed by atoms with Crippen LogP contribution in [-0.2, 0) is 5.75 Å². The van der Waals surface area contributed by atoms with E-state index in [1.54, 1.807) is 0 Å². The Bertz CT molecular complexity index is 405. The molecule has 4 heteroatoms. The van der Waals surface area contributed by atoms with Crippen molar-refractivity contribution in [2.45, 2.75) is 32.4 Å². The average Bonchev–Trinajstić information content (AvgIpc) is 2.30. The number of thioether (sulfide) groups is 1. The number of nitrogens with two attached hydrogens (primary N) is 1. The largest absolute Gasteiger partial charge is 0.387 e. The molecule has 1 rings (SSSR count). The van der Waals surface area contributed by atoms with Crippen molar-refractivity contribution in [3.05, 3.63) is 34.9 Å². The Morgan fingerprint density at radius 3 is 2.67 bits per heavy atom. The van der Waals surface area contributed by atoms with E-state index in [1.165, 1.54) is 5.56 Å². The smallest absolute Gasteiger partial charge is 0.0963 e.